The van der Waals surface area contributed by atoms with E-state index in [1.165, 1.54) is 11.3 Å². The Labute approximate surface area is 93.1 Å². The molecule has 2 N–H and O–H groups in total. The molecular weight excluding hydrogens is 270 g/mol. The van der Waals surface area contributed by atoms with Crippen LogP contribution in [0.15, 0.2) is 15.9 Å². The van der Waals surface area contributed by atoms with Crippen LogP contribution in [-0.4, -0.2) is 17.0 Å². The fourth-order valence-electron chi connectivity index (χ4n) is 0.832. The van der Waals surface area contributed by atoms with Crippen molar-refractivity contribution in [1.82, 2.24) is 5.32 Å². The summed E-state index contributed by atoms with van der Waals surface area (Å²) >= 11 is 4.79. The van der Waals surface area contributed by atoms with E-state index in [-0.39, 0.29) is 0 Å². The number of nitrogens with one attached hydrogen (secondary N) is 1. The van der Waals surface area contributed by atoms with E-state index in [9.17, 15) is 9.59 Å². The molecule has 0 saturated carbocycles. The number of carbonyl (C=O) groups excluding carboxylic acids is 1. The van der Waals surface area contributed by atoms with E-state index in [0.717, 1.165) is 8.66 Å². The monoisotopic (exact) mass is 277 g/mol. The van der Waals surface area contributed by atoms with Crippen molar-refractivity contribution < 1.29 is 14.7 Å². The largest absolute Gasteiger partial charge is 0.481 e. The minimum Gasteiger partial charge on any atom is -0.481 e. The van der Waals surface area contributed by atoms with Crippen LogP contribution in [0.25, 0.3) is 0 Å². The Morgan fingerprint density at radius 2 is 2.21 bits per heavy atom. The van der Waals surface area contributed by atoms with Gasteiger partial charge >= 0.3 is 5.97 Å². The first-order valence-electron chi connectivity index (χ1n) is 3.80. The zero-order chi connectivity index (χ0) is 10.6. The average molecular weight is 278 g/mol. The molecule has 0 aliphatic heterocycles. The smallest absolute Gasteiger partial charge is 0.312 e. The molecule has 1 heterocycles. The molecule has 0 bridgehead atoms. The van der Waals surface area contributed by atoms with Gasteiger partial charge in [-0.1, -0.05) is 0 Å². The predicted molar refractivity (Wildman–Crippen MR) is 56.1 cm³/mol. The minimum atomic E-state index is -1.12. The van der Waals surface area contributed by atoms with E-state index in [1.54, 1.807) is 0 Å². The standard InChI is InChI=1S/C8H8BrNO3S/c9-6-2-1-5(14-6)4-10-7(11)3-8(12)13/h1-2H,3-4H2,(H,10,11)(H,12,13). The summed E-state index contributed by atoms with van der Waals surface area (Å²) in [4.78, 5) is 22.1. The van der Waals surface area contributed by atoms with Gasteiger partial charge in [0.25, 0.3) is 0 Å². The lowest BCUT2D eigenvalue weighted by atomic mass is 10.4. The molecule has 76 valence electrons. The molecule has 0 atom stereocenters. The zero-order valence-corrected chi connectivity index (χ0v) is 9.52. The van der Waals surface area contributed by atoms with E-state index in [0.29, 0.717) is 6.54 Å². The highest BCUT2D eigenvalue weighted by Crippen LogP contribution is 2.21. The van der Waals surface area contributed by atoms with E-state index >= 15 is 0 Å². The Kier molecular flexibility index (Phi) is 4.09. The van der Waals surface area contributed by atoms with E-state index < -0.39 is 18.3 Å². The highest BCUT2D eigenvalue weighted by molar-refractivity contribution is 9.11. The lowest BCUT2D eigenvalue weighted by molar-refractivity contribution is -0.140. The van der Waals surface area contributed by atoms with E-state index in [2.05, 4.69) is 21.2 Å². The number of hydrogen-bond acceptors (Lipinski definition) is 3. The van der Waals surface area contributed by atoms with Crippen LogP contribution in [0.1, 0.15) is 11.3 Å². The second kappa shape index (κ2) is 5.11. The molecule has 0 spiro atoms. The van der Waals surface area contributed by atoms with Crippen molar-refractivity contribution in [3.8, 4) is 0 Å². The zero-order valence-electron chi connectivity index (χ0n) is 7.12. The van der Waals surface area contributed by atoms with Gasteiger partial charge in [-0.25, -0.2) is 0 Å². The Morgan fingerprint density at radius 1 is 1.50 bits per heavy atom. The number of thiophene rings is 1. The molecule has 0 aromatic carbocycles. The highest BCUT2D eigenvalue weighted by atomic mass is 79.9. The van der Waals surface area contributed by atoms with Crippen LogP contribution in [-0.2, 0) is 16.1 Å². The maximum Gasteiger partial charge on any atom is 0.312 e. The normalized spacial score (nSPS) is 9.79. The first-order valence-corrected chi connectivity index (χ1v) is 5.41. The molecule has 1 aromatic heterocycles. The fraction of sp³-hybridized carbons (Fsp3) is 0.250. The Hall–Kier alpha value is -0.880. The second-order valence-corrected chi connectivity index (χ2v) is 5.10. The maximum absolute atomic E-state index is 10.9. The van der Waals surface area contributed by atoms with E-state index in [4.69, 9.17) is 5.11 Å². The summed E-state index contributed by atoms with van der Waals surface area (Å²) in [7, 11) is 0. The third kappa shape index (κ3) is 3.89. The SMILES string of the molecule is O=C(O)CC(=O)NCc1ccc(Br)s1. The molecule has 0 unspecified atom stereocenters. The van der Waals surface area contributed by atoms with Crippen molar-refractivity contribution in [2.24, 2.45) is 0 Å². The summed E-state index contributed by atoms with van der Waals surface area (Å²) in [5, 5.41) is 10.8. The first kappa shape index (κ1) is 11.2. The van der Waals surface area contributed by atoms with Crippen molar-refractivity contribution >= 4 is 39.1 Å². The van der Waals surface area contributed by atoms with Crippen LogP contribution >= 0.6 is 27.3 Å². The minimum absolute atomic E-state index is 0.377. The Balaban J connectivity index is 2.34. The van der Waals surface area contributed by atoms with Gasteiger partial charge in [0.2, 0.25) is 5.91 Å². The van der Waals surface area contributed by atoms with Crippen molar-refractivity contribution in [1.29, 1.82) is 0 Å². The van der Waals surface area contributed by atoms with Gasteiger partial charge in [-0.2, -0.15) is 0 Å². The highest BCUT2D eigenvalue weighted by Gasteiger charge is 2.07. The number of hydrogen-bond donors (Lipinski definition) is 2. The quantitative estimate of drug-likeness (QED) is 0.822. The molecule has 1 aromatic rings. The van der Waals surface area contributed by atoms with Gasteiger partial charge in [0.1, 0.15) is 6.42 Å². The summed E-state index contributed by atoms with van der Waals surface area (Å²) in [5.74, 6) is -1.59. The Morgan fingerprint density at radius 3 is 2.71 bits per heavy atom. The lowest BCUT2D eigenvalue weighted by Gasteiger charge is -1.99. The van der Waals surface area contributed by atoms with Crippen molar-refractivity contribution in [3.63, 3.8) is 0 Å². The van der Waals surface area contributed by atoms with Crippen molar-refractivity contribution in [3.05, 3.63) is 20.8 Å². The molecule has 1 amide bonds. The number of aliphatic carboxylic acids is 1. The molecule has 0 aliphatic rings. The van der Waals surface area contributed by atoms with Crippen LogP contribution in [0, 0.1) is 0 Å². The molecular formula is C8H8BrNO3S. The topological polar surface area (TPSA) is 66.4 Å². The lowest BCUT2D eigenvalue weighted by Crippen LogP contribution is -2.24. The van der Waals surface area contributed by atoms with Gasteiger partial charge in [-0.3, -0.25) is 9.59 Å². The van der Waals surface area contributed by atoms with Gasteiger partial charge in [0.15, 0.2) is 0 Å². The van der Waals surface area contributed by atoms with Crippen LogP contribution in [0.3, 0.4) is 0 Å². The molecule has 0 aliphatic carbocycles. The number of carboxylic acids is 1. The van der Waals surface area contributed by atoms with Crippen LogP contribution in [0.4, 0.5) is 0 Å². The molecule has 4 nitrogen and oxygen atoms in total. The summed E-state index contributed by atoms with van der Waals surface area (Å²) in [5.41, 5.74) is 0. The number of carboxylic acid groups (broad SMARTS) is 1. The van der Waals surface area contributed by atoms with Crippen LogP contribution < -0.4 is 5.32 Å². The third-order valence-corrected chi connectivity index (χ3v) is 3.02. The third-order valence-electron chi connectivity index (χ3n) is 1.40. The molecule has 14 heavy (non-hydrogen) atoms. The summed E-state index contributed by atoms with van der Waals surface area (Å²) in [6.45, 7) is 0.377. The van der Waals surface area contributed by atoms with Crippen molar-refractivity contribution in [2.45, 2.75) is 13.0 Å². The molecule has 1 rings (SSSR count). The predicted octanol–water partition coefficient (Wildman–Crippen LogP) is 1.60. The molecule has 0 fully saturated rings. The molecule has 0 radical (unpaired) electrons. The summed E-state index contributed by atoms with van der Waals surface area (Å²) in [6.07, 6.45) is -0.480. The van der Waals surface area contributed by atoms with Gasteiger partial charge in [0, 0.05) is 4.88 Å². The van der Waals surface area contributed by atoms with Gasteiger partial charge in [-0.15, -0.1) is 11.3 Å². The van der Waals surface area contributed by atoms with Crippen molar-refractivity contribution in [2.75, 3.05) is 0 Å². The van der Waals surface area contributed by atoms with Crippen LogP contribution in [0.2, 0.25) is 0 Å². The Bertz CT molecular complexity index is 350. The van der Waals surface area contributed by atoms with Gasteiger partial charge in [0.05, 0.1) is 10.3 Å². The molecule has 0 saturated heterocycles. The number of rotatable bonds is 4. The fourth-order valence-corrected chi connectivity index (χ4v) is 2.26. The summed E-state index contributed by atoms with van der Waals surface area (Å²) < 4.78 is 0.986. The summed E-state index contributed by atoms with van der Waals surface area (Å²) in [6, 6.07) is 3.75. The first-order chi connectivity index (χ1) is 6.58. The van der Waals surface area contributed by atoms with E-state index in [1.807, 2.05) is 12.1 Å². The second-order valence-electron chi connectivity index (χ2n) is 2.55. The van der Waals surface area contributed by atoms with Gasteiger partial charge in [-0.05, 0) is 28.1 Å². The number of halogens is 1. The number of amides is 1. The van der Waals surface area contributed by atoms with Crippen LogP contribution in [0.5, 0.6) is 0 Å². The molecule has 6 heteroatoms. The average Bonchev–Trinajstić information content (AvgIpc) is 2.47. The number of carbonyl (C=O) groups is 2. The van der Waals surface area contributed by atoms with Gasteiger partial charge < -0.3 is 10.4 Å². The maximum atomic E-state index is 10.9.